The van der Waals surface area contributed by atoms with Gasteiger partial charge in [-0.3, -0.25) is 9.59 Å². The molecule has 2 heterocycles. The molecule has 0 saturated carbocycles. The van der Waals surface area contributed by atoms with E-state index in [-0.39, 0.29) is 23.7 Å². The molecule has 0 aliphatic carbocycles. The number of nitrogens with one attached hydrogen (secondary N) is 2. The van der Waals surface area contributed by atoms with Crippen molar-refractivity contribution in [1.29, 1.82) is 0 Å². The summed E-state index contributed by atoms with van der Waals surface area (Å²) in [5.41, 5.74) is 1.90. The molecule has 2 aromatic carbocycles. The van der Waals surface area contributed by atoms with E-state index in [1.165, 1.54) is 11.8 Å². The SMILES string of the molecule is Cn1c(SCC(=O)NCC2CCCO2)nnc1-c1ccc(NC(=O)c2ccccc2Cl)cc1. The number of amides is 2. The van der Waals surface area contributed by atoms with E-state index in [0.717, 1.165) is 25.0 Å². The largest absolute Gasteiger partial charge is 0.376 e. The predicted molar refractivity (Wildman–Crippen MR) is 129 cm³/mol. The molecule has 172 valence electrons. The third-order valence-corrected chi connectivity index (χ3v) is 6.59. The molecule has 2 amide bonds. The van der Waals surface area contributed by atoms with Gasteiger partial charge in [-0.2, -0.15) is 0 Å². The van der Waals surface area contributed by atoms with Gasteiger partial charge in [0.15, 0.2) is 11.0 Å². The molecule has 1 aliphatic rings. The van der Waals surface area contributed by atoms with Crippen LogP contribution in [0.4, 0.5) is 5.69 Å². The van der Waals surface area contributed by atoms with Crippen LogP contribution in [0.15, 0.2) is 53.7 Å². The van der Waals surface area contributed by atoms with Crippen molar-refractivity contribution in [2.45, 2.75) is 24.1 Å². The minimum atomic E-state index is -0.275. The van der Waals surface area contributed by atoms with Gasteiger partial charge in [0.05, 0.1) is 22.4 Å². The van der Waals surface area contributed by atoms with Gasteiger partial charge in [-0.25, -0.2) is 0 Å². The van der Waals surface area contributed by atoms with Crippen molar-refractivity contribution in [1.82, 2.24) is 20.1 Å². The summed E-state index contributed by atoms with van der Waals surface area (Å²) in [5, 5.41) is 15.3. The van der Waals surface area contributed by atoms with E-state index in [4.69, 9.17) is 16.3 Å². The molecule has 1 saturated heterocycles. The van der Waals surface area contributed by atoms with Gasteiger partial charge in [-0.05, 0) is 49.2 Å². The summed E-state index contributed by atoms with van der Waals surface area (Å²) in [4.78, 5) is 24.6. The van der Waals surface area contributed by atoms with Gasteiger partial charge < -0.3 is 19.9 Å². The summed E-state index contributed by atoms with van der Waals surface area (Å²) >= 11 is 7.42. The summed E-state index contributed by atoms with van der Waals surface area (Å²) in [6, 6.07) is 14.2. The number of carbonyl (C=O) groups excluding carboxylic acids is 2. The smallest absolute Gasteiger partial charge is 0.257 e. The van der Waals surface area contributed by atoms with Crippen LogP contribution in [-0.2, 0) is 16.6 Å². The second kappa shape index (κ2) is 10.8. The van der Waals surface area contributed by atoms with Gasteiger partial charge in [0, 0.05) is 31.5 Å². The Bertz CT molecular complexity index is 1130. The van der Waals surface area contributed by atoms with Crippen LogP contribution in [0, 0.1) is 0 Å². The number of ether oxygens (including phenoxy) is 1. The van der Waals surface area contributed by atoms with Crippen LogP contribution in [0.3, 0.4) is 0 Å². The van der Waals surface area contributed by atoms with Gasteiger partial charge >= 0.3 is 0 Å². The zero-order chi connectivity index (χ0) is 23.2. The molecule has 33 heavy (non-hydrogen) atoms. The fourth-order valence-corrected chi connectivity index (χ4v) is 4.41. The minimum absolute atomic E-state index is 0.0568. The first-order valence-electron chi connectivity index (χ1n) is 10.6. The zero-order valence-corrected chi connectivity index (χ0v) is 19.7. The van der Waals surface area contributed by atoms with Crippen LogP contribution in [-0.4, -0.2) is 51.6 Å². The van der Waals surface area contributed by atoms with Gasteiger partial charge in [-0.1, -0.05) is 35.5 Å². The van der Waals surface area contributed by atoms with Crippen LogP contribution in [0.2, 0.25) is 5.02 Å². The van der Waals surface area contributed by atoms with Crippen LogP contribution in [0.5, 0.6) is 0 Å². The summed E-state index contributed by atoms with van der Waals surface area (Å²) in [7, 11) is 1.86. The van der Waals surface area contributed by atoms with Crippen molar-refractivity contribution in [3.8, 4) is 11.4 Å². The highest BCUT2D eigenvalue weighted by Gasteiger charge is 2.17. The van der Waals surface area contributed by atoms with Crippen molar-refractivity contribution >= 4 is 40.9 Å². The van der Waals surface area contributed by atoms with Crippen molar-refractivity contribution in [3.63, 3.8) is 0 Å². The molecule has 8 nitrogen and oxygen atoms in total. The maximum absolute atomic E-state index is 12.4. The molecule has 1 aliphatic heterocycles. The Morgan fingerprint density at radius 3 is 2.70 bits per heavy atom. The molecule has 1 unspecified atom stereocenters. The summed E-state index contributed by atoms with van der Waals surface area (Å²) in [5.74, 6) is 0.592. The maximum Gasteiger partial charge on any atom is 0.257 e. The monoisotopic (exact) mass is 485 g/mol. The fourth-order valence-electron chi connectivity index (χ4n) is 3.45. The van der Waals surface area contributed by atoms with Crippen LogP contribution < -0.4 is 10.6 Å². The van der Waals surface area contributed by atoms with E-state index in [0.29, 0.717) is 33.8 Å². The average molecular weight is 486 g/mol. The summed E-state index contributed by atoms with van der Waals surface area (Å²) in [6.45, 7) is 1.31. The highest BCUT2D eigenvalue weighted by Crippen LogP contribution is 2.24. The second-order valence-corrected chi connectivity index (χ2v) is 8.95. The van der Waals surface area contributed by atoms with E-state index >= 15 is 0 Å². The van der Waals surface area contributed by atoms with E-state index in [1.54, 1.807) is 36.4 Å². The van der Waals surface area contributed by atoms with Gasteiger partial charge in [0.1, 0.15) is 0 Å². The molecular weight excluding hydrogens is 462 g/mol. The first-order chi connectivity index (χ1) is 16.0. The third kappa shape index (κ3) is 5.93. The lowest BCUT2D eigenvalue weighted by atomic mass is 10.1. The second-order valence-electron chi connectivity index (χ2n) is 7.60. The number of hydrogen-bond donors (Lipinski definition) is 2. The molecule has 4 rings (SSSR count). The van der Waals surface area contributed by atoms with Crippen molar-refractivity contribution in [2.24, 2.45) is 7.05 Å². The van der Waals surface area contributed by atoms with Crippen LogP contribution in [0.1, 0.15) is 23.2 Å². The molecule has 3 aromatic rings. The highest BCUT2D eigenvalue weighted by molar-refractivity contribution is 7.99. The number of rotatable bonds is 8. The molecule has 0 radical (unpaired) electrons. The van der Waals surface area contributed by atoms with E-state index in [1.807, 2.05) is 23.7 Å². The summed E-state index contributed by atoms with van der Waals surface area (Å²) in [6.07, 6.45) is 2.16. The topological polar surface area (TPSA) is 98.1 Å². The van der Waals surface area contributed by atoms with E-state index in [2.05, 4.69) is 20.8 Å². The number of nitrogens with zero attached hydrogens (tertiary/aromatic N) is 3. The number of anilines is 1. The Hall–Kier alpha value is -2.88. The van der Waals surface area contributed by atoms with Gasteiger partial charge in [-0.15, -0.1) is 10.2 Å². The number of carbonyl (C=O) groups is 2. The molecule has 1 fully saturated rings. The zero-order valence-electron chi connectivity index (χ0n) is 18.1. The Morgan fingerprint density at radius 1 is 1.18 bits per heavy atom. The van der Waals surface area contributed by atoms with Gasteiger partial charge in [0.25, 0.3) is 5.91 Å². The number of benzene rings is 2. The Morgan fingerprint density at radius 2 is 1.97 bits per heavy atom. The molecule has 10 heteroatoms. The Kier molecular flexibility index (Phi) is 7.64. The molecule has 0 spiro atoms. The van der Waals surface area contributed by atoms with Crippen LogP contribution >= 0.6 is 23.4 Å². The molecule has 2 N–H and O–H groups in total. The lowest BCUT2D eigenvalue weighted by Gasteiger charge is -2.10. The maximum atomic E-state index is 12.4. The number of aromatic nitrogens is 3. The Labute approximate surface area is 201 Å². The predicted octanol–water partition coefficient (Wildman–Crippen LogP) is 3.78. The third-order valence-electron chi connectivity index (χ3n) is 5.24. The van der Waals surface area contributed by atoms with Crippen LogP contribution in [0.25, 0.3) is 11.4 Å². The fraction of sp³-hybridized carbons (Fsp3) is 0.304. The van der Waals surface area contributed by atoms with E-state index in [9.17, 15) is 9.59 Å². The Balaban J connectivity index is 1.33. The van der Waals surface area contributed by atoms with E-state index < -0.39 is 0 Å². The summed E-state index contributed by atoms with van der Waals surface area (Å²) < 4.78 is 7.36. The van der Waals surface area contributed by atoms with Crippen molar-refractivity contribution < 1.29 is 14.3 Å². The minimum Gasteiger partial charge on any atom is -0.376 e. The molecule has 0 bridgehead atoms. The van der Waals surface area contributed by atoms with Crippen molar-refractivity contribution in [2.75, 3.05) is 24.2 Å². The standard InChI is InChI=1S/C23H24ClN5O3S/c1-29-21(27-28-23(29)33-14-20(30)25-13-17-5-4-12-32-17)15-8-10-16(11-9-15)26-22(31)18-6-2-3-7-19(18)24/h2-3,6-11,17H,4-5,12-14H2,1H3,(H,25,30)(H,26,31). The number of hydrogen-bond acceptors (Lipinski definition) is 6. The van der Waals surface area contributed by atoms with Crippen molar-refractivity contribution in [3.05, 3.63) is 59.1 Å². The van der Waals surface area contributed by atoms with Gasteiger partial charge in [0.2, 0.25) is 5.91 Å². The first-order valence-corrected chi connectivity index (χ1v) is 11.9. The normalized spacial score (nSPS) is 15.4. The molecule has 1 atom stereocenters. The quantitative estimate of drug-likeness (QED) is 0.471. The number of thioether (sulfide) groups is 1. The lowest BCUT2D eigenvalue weighted by molar-refractivity contribution is -0.119. The average Bonchev–Trinajstić information content (AvgIpc) is 3.47. The lowest BCUT2D eigenvalue weighted by Crippen LogP contribution is -2.32. The first kappa shape index (κ1) is 23.3. The number of halogens is 1. The molecule has 1 aromatic heterocycles. The molecular formula is C23H24ClN5O3S. The highest BCUT2D eigenvalue weighted by atomic mass is 35.5.